The van der Waals surface area contributed by atoms with Gasteiger partial charge >= 0.3 is 0 Å². The summed E-state index contributed by atoms with van der Waals surface area (Å²) in [6.07, 6.45) is 4.53. The van der Waals surface area contributed by atoms with Gasteiger partial charge in [0.25, 0.3) is 0 Å². The molecule has 1 aliphatic rings. The van der Waals surface area contributed by atoms with E-state index in [4.69, 9.17) is 9.84 Å². The second kappa shape index (κ2) is 5.02. The maximum atomic E-state index is 11.2. The van der Waals surface area contributed by atoms with Gasteiger partial charge in [-0.25, -0.2) is 0 Å². The molecule has 0 spiro atoms. The lowest BCUT2D eigenvalue weighted by molar-refractivity contribution is -0.121. The minimum atomic E-state index is -0.420. The zero-order chi connectivity index (χ0) is 9.68. The average molecular weight is 184 g/mol. The van der Waals surface area contributed by atoms with Crippen molar-refractivity contribution in [3.63, 3.8) is 0 Å². The van der Waals surface area contributed by atoms with E-state index in [1.165, 1.54) is 0 Å². The first-order valence-corrected chi connectivity index (χ1v) is 4.80. The zero-order valence-electron chi connectivity index (χ0n) is 7.95. The van der Waals surface area contributed by atoms with Crippen molar-refractivity contribution < 1.29 is 14.6 Å². The average Bonchev–Trinajstić information content (AvgIpc) is 2.45. The minimum Gasteiger partial charge on any atom is -0.486 e. The molecule has 0 amide bonds. The Balaban J connectivity index is 2.36. The molecule has 74 valence electrons. The summed E-state index contributed by atoms with van der Waals surface area (Å²) in [5.74, 6) is 0.783. The molecule has 1 rings (SSSR count). The minimum absolute atomic E-state index is 0.000142. The zero-order valence-corrected chi connectivity index (χ0v) is 7.95. The van der Waals surface area contributed by atoms with Gasteiger partial charge in [0, 0.05) is 25.5 Å². The third kappa shape index (κ3) is 2.84. The molecule has 3 nitrogen and oxygen atoms in total. The van der Waals surface area contributed by atoms with E-state index < -0.39 is 6.10 Å². The van der Waals surface area contributed by atoms with Gasteiger partial charge in [0.2, 0.25) is 0 Å². The van der Waals surface area contributed by atoms with E-state index >= 15 is 0 Å². The Morgan fingerprint density at radius 2 is 2.38 bits per heavy atom. The van der Waals surface area contributed by atoms with E-state index in [1.807, 2.05) is 0 Å². The summed E-state index contributed by atoms with van der Waals surface area (Å²) >= 11 is 0. The third-order valence-electron chi connectivity index (χ3n) is 2.08. The molecule has 0 fully saturated rings. The Morgan fingerprint density at radius 1 is 1.62 bits per heavy atom. The Morgan fingerprint density at radius 3 is 3.00 bits per heavy atom. The number of ketones is 1. The van der Waals surface area contributed by atoms with Crippen molar-refractivity contribution in [2.45, 2.75) is 38.7 Å². The van der Waals surface area contributed by atoms with Gasteiger partial charge in [-0.15, -0.1) is 0 Å². The van der Waals surface area contributed by atoms with Crippen LogP contribution < -0.4 is 0 Å². The Kier molecular flexibility index (Phi) is 3.96. The van der Waals surface area contributed by atoms with Gasteiger partial charge in [-0.2, -0.15) is 0 Å². The number of hydrogen-bond donors (Lipinski definition) is 1. The number of allylic oxidation sites excluding steroid dienone is 1. The van der Waals surface area contributed by atoms with Gasteiger partial charge in [0.15, 0.2) is 11.9 Å². The first-order valence-electron chi connectivity index (χ1n) is 4.80. The van der Waals surface area contributed by atoms with Crippen LogP contribution in [-0.4, -0.2) is 23.6 Å². The van der Waals surface area contributed by atoms with Crippen molar-refractivity contribution >= 4 is 5.78 Å². The van der Waals surface area contributed by atoms with Crippen LogP contribution in [0.1, 0.15) is 32.6 Å². The van der Waals surface area contributed by atoms with Crippen LogP contribution in [0.2, 0.25) is 0 Å². The number of ether oxygens (including phenoxy) is 1. The first-order chi connectivity index (χ1) is 6.27. The monoisotopic (exact) mass is 184 g/mol. The normalized spacial score (nSPS) is 21.5. The number of rotatable bonds is 5. The molecule has 0 aromatic carbocycles. The Labute approximate surface area is 78.4 Å². The molecule has 0 saturated carbocycles. The second-order valence-electron chi connectivity index (χ2n) is 3.24. The van der Waals surface area contributed by atoms with Gasteiger partial charge in [0.1, 0.15) is 5.76 Å². The lowest BCUT2D eigenvalue weighted by Crippen LogP contribution is -2.17. The fourth-order valence-corrected chi connectivity index (χ4v) is 1.33. The van der Waals surface area contributed by atoms with E-state index in [9.17, 15) is 4.79 Å². The summed E-state index contributed by atoms with van der Waals surface area (Å²) in [5, 5.41) is 8.65. The molecular formula is C10H16O3. The number of carbonyl (C=O) groups excluding carboxylic acids is 1. The van der Waals surface area contributed by atoms with Crippen molar-refractivity contribution in [3.05, 3.63) is 11.8 Å². The number of unbranched alkanes of at least 4 members (excludes halogenated alkanes) is 1. The molecule has 13 heavy (non-hydrogen) atoms. The fourth-order valence-electron chi connectivity index (χ4n) is 1.33. The highest BCUT2D eigenvalue weighted by Crippen LogP contribution is 2.20. The van der Waals surface area contributed by atoms with Crippen LogP contribution in [0.4, 0.5) is 0 Å². The predicted octanol–water partition coefficient (Wildman–Crippen LogP) is 1.41. The van der Waals surface area contributed by atoms with Crippen LogP contribution >= 0.6 is 0 Å². The van der Waals surface area contributed by atoms with Crippen LogP contribution in [0.25, 0.3) is 0 Å². The van der Waals surface area contributed by atoms with Gasteiger partial charge in [-0.05, 0) is 6.42 Å². The molecule has 0 bridgehead atoms. The maximum Gasteiger partial charge on any atom is 0.199 e. The van der Waals surface area contributed by atoms with E-state index in [0.29, 0.717) is 6.42 Å². The molecule has 1 N–H and O–H groups in total. The summed E-state index contributed by atoms with van der Waals surface area (Å²) < 4.78 is 5.37. The van der Waals surface area contributed by atoms with Crippen LogP contribution in [0.5, 0.6) is 0 Å². The molecule has 0 radical (unpaired) electrons. The number of aliphatic hydroxyl groups is 1. The maximum absolute atomic E-state index is 11.2. The summed E-state index contributed by atoms with van der Waals surface area (Å²) in [5.41, 5.74) is 0. The van der Waals surface area contributed by atoms with E-state index in [-0.39, 0.29) is 12.4 Å². The molecule has 1 heterocycles. The molecule has 1 unspecified atom stereocenters. The topological polar surface area (TPSA) is 46.5 Å². The Bertz CT molecular complexity index is 208. The van der Waals surface area contributed by atoms with Gasteiger partial charge in [0.05, 0.1) is 0 Å². The molecule has 0 aliphatic carbocycles. The second-order valence-corrected chi connectivity index (χ2v) is 3.24. The largest absolute Gasteiger partial charge is 0.486 e. The van der Waals surface area contributed by atoms with Gasteiger partial charge < -0.3 is 9.84 Å². The number of aliphatic hydroxyl groups excluding tert-OH is 1. The van der Waals surface area contributed by atoms with E-state index in [1.54, 1.807) is 6.08 Å². The van der Waals surface area contributed by atoms with Crippen molar-refractivity contribution in [2.75, 3.05) is 6.61 Å². The smallest absolute Gasteiger partial charge is 0.199 e. The summed E-state index contributed by atoms with van der Waals surface area (Å²) in [6.45, 7) is 2.11. The number of hydrogen-bond acceptors (Lipinski definition) is 3. The van der Waals surface area contributed by atoms with E-state index in [2.05, 4.69) is 6.92 Å². The van der Waals surface area contributed by atoms with Crippen molar-refractivity contribution in [1.82, 2.24) is 0 Å². The summed E-state index contributed by atoms with van der Waals surface area (Å²) in [6, 6.07) is 0. The van der Waals surface area contributed by atoms with Crippen molar-refractivity contribution in [2.24, 2.45) is 0 Å². The highest BCUT2D eigenvalue weighted by Gasteiger charge is 2.25. The lowest BCUT2D eigenvalue weighted by Gasteiger charge is -2.09. The van der Waals surface area contributed by atoms with Crippen molar-refractivity contribution in [3.8, 4) is 0 Å². The highest BCUT2D eigenvalue weighted by atomic mass is 16.5. The van der Waals surface area contributed by atoms with Crippen molar-refractivity contribution in [1.29, 1.82) is 0 Å². The molecular weight excluding hydrogens is 168 g/mol. The van der Waals surface area contributed by atoms with Crippen LogP contribution in [0, 0.1) is 0 Å². The lowest BCUT2D eigenvalue weighted by atomic mass is 10.2. The molecule has 1 aliphatic heterocycles. The fraction of sp³-hybridized carbons (Fsp3) is 0.700. The van der Waals surface area contributed by atoms with Crippen LogP contribution in [0.15, 0.2) is 11.8 Å². The molecule has 3 heteroatoms. The number of carbonyl (C=O) groups is 1. The first kappa shape index (κ1) is 10.3. The van der Waals surface area contributed by atoms with E-state index in [0.717, 1.165) is 25.0 Å². The SMILES string of the molecule is CCCCC1=CC(=O)C(CCO)O1. The quantitative estimate of drug-likeness (QED) is 0.702. The molecule has 0 saturated heterocycles. The predicted molar refractivity (Wildman–Crippen MR) is 49.2 cm³/mol. The van der Waals surface area contributed by atoms with Gasteiger partial charge in [-0.3, -0.25) is 4.79 Å². The standard InChI is InChI=1S/C10H16O3/c1-2-3-4-8-7-9(12)10(13-8)5-6-11/h7,10-11H,2-6H2,1H3. The van der Waals surface area contributed by atoms with Crippen LogP contribution in [0.3, 0.4) is 0 Å². The Hall–Kier alpha value is -0.830. The molecule has 1 atom stereocenters. The summed E-state index contributed by atoms with van der Waals surface area (Å²) in [7, 11) is 0. The van der Waals surface area contributed by atoms with Gasteiger partial charge in [-0.1, -0.05) is 13.3 Å². The molecule has 0 aromatic heterocycles. The highest BCUT2D eigenvalue weighted by molar-refractivity contribution is 5.95. The van der Waals surface area contributed by atoms with Crippen LogP contribution in [-0.2, 0) is 9.53 Å². The molecule has 0 aromatic rings. The summed E-state index contributed by atoms with van der Waals surface area (Å²) in [4.78, 5) is 11.2. The third-order valence-corrected chi connectivity index (χ3v) is 2.08.